The molecule has 14 nitrogen and oxygen atoms in total. The molecule has 14 heteroatoms. The Bertz CT molecular complexity index is 2590. The van der Waals surface area contributed by atoms with Crippen molar-refractivity contribution in [2.45, 2.75) is 90.2 Å². The maximum Gasteiger partial charge on any atom is 0.240 e. The van der Waals surface area contributed by atoms with Gasteiger partial charge in [-0.2, -0.15) is 0 Å². The average Bonchev–Trinajstić information content (AvgIpc) is 4.14. The molecular weight excluding hydrogens is 783 g/mol. The molecule has 0 spiro atoms. The quantitative estimate of drug-likeness (QED) is 0.0756. The van der Waals surface area contributed by atoms with Crippen molar-refractivity contribution in [2.24, 2.45) is 23.3 Å². The first-order valence-corrected chi connectivity index (χ1v) is 22.0. The van der Waals surface area contributed by atoms with Crippen LogP contribution >= 0.6 is 0 Å². The number of hydrogen-bond donors (Lipinski definition) is 5. The number of fused-ring (bicyclic) bond motifs is 5. The van der Waals surface area contributed by atoms with E-state index in [0.29, 0.717) is 31.9 Å². The number of H-pyrrole nitrogens is 2. The van der Waals surface area contributed by atoms with Crippen LogP contribution in [0.4, 0.5) is 0 Å². The number of carbonyl (C=O) groups is 2. The Morgan fingerprint density at radius 3 is 2.05 bits per heavy atom. The fourth-order valence-corrected chi connectivity index (χ4v) is 9.15. The normalized spacial score (nSPS) is 19.5. The predicted octanol–water partition coefficient (Wildman–Crippen LogP) is 7.08. The lowest BCUT2D eigenvalue weighted by atomic mass is 10.0. The summed E-state index contributed by atoms with van der Waals surface area (Å²) >= 11 is 0. The van der Waals surface area contributed by atoms with Gasteiger partial charge in [-0.15, -0.1) is 0 Å². The van der Waals surface area contributed by atoms with Gasteiger partial charge in [0.25, 0.3) is 0 Å². The van der Waals surface area contributed by atoms with Gasteiger partial charge in [0.05, 0.1) is 65.8 Å². The predicted molar refractivity (Wildman–Crippen MR) is 238 cm³/mol. The molecule has 0 radical (unpaired) electrons. The van der Waals surface area contributed by atoms with Gasteiger partial charge in [-0.05, 0) is 80.0 Å². The zero-order valence-corrected chi connectivity index (χ0v) is 35.9. The summed E-state index contributed by atoms with van der Waals surface area (Å²) in [6.07, 6.45) is 7.14. The van der Waals surface area contributed by atoms with E-state index in [9.17, 15) is 14.7 Å². The molecule has 5 atom stereocenters. The summed E-state index contributed by atoms with van der Waals surface area (Å²) in [7, 11) is 0. The lowest BCUT2D eigenvalue weighted by Gasteiger charge is -2.31. The van der Waals surface area contributed by atoms with Crippen molar-refractivity contribution >= 4 is 22.7 Å². The summed E-state index contributed by atoms with van der Waals surface area (Å²) in [5.41, 5.74) is 20.0. The Labute approximate surface area is 361 Å². The molecule has 9 rings (SSSR count). The summed E-state index contributed by atoms with van der Waals surface area (Å²) in [6.45, 7) is 9.68. The molecule has 6 heterocycles. The van der Waals surface area contributed by atoms with Gasteiger partial charge in [-0.1, -0.05) is 52.0 Å². The molecule has 1 unspecified atom stereocenters. The molecule has 2 saturated heterocycles. The standard InChI is InChI=1S/C48H57N9O5/c1-27(2)42(49)46(59)55-17-6-11-38(55)44-51-25-35(53-44)29-14-16-37-32(21-29)23-40-34-15-13-30(36-26-52-45(54-36)39-12-7-18-56(39)47(60)43(50)28(3)4)24-41(34)62-48(57(37)40)31-9-5-10-33(22-31)61-20-8-19-58/h5,9-10,13-16,21-28,38-39,42-43,48,58H,6-8,11-12,17-20,49-50H2,1-4H3,(H,51,53)(H,52,54)/t38-,39-,42-,43-,48?/m0/s1. The van der Waals surface area contributed by atoms with E-state index in [1.807, 2.05) is 74.2 Å². The molecule has 2 amide bonds. The number of benzene rings is 3. The lowest BCUT2D eigenvalue weighted by Crippen LogP contribution is -2.46. The van der Waals surface area contributed by atoms with Crippen molar-refractivity contribution < 1.29 is 24.2 Å². The highest BCUT2D eigenvalue weighted by Crippen LogP contribution is 2.46. The second-order valence-electron chi connectivity index (χ2n) is 17.6. The Balaban J connectivity index is 1.06. The van der Waals surface area contributed by atoms with Crippen LogP contribution in [0.15, 0.2) is 79.1 Å². The Morgan fingerprint density at radius 1 is 0.823 bits per heavy atom. The summed E-state index contributed by atoms with van der Waals surface area (Å²) in [6, 6.07) is 21.3. The van der Waals surface area contributed by atoms with Crippen LogP contribution < -0.4 is 20.9 Å². The number of nitrogens with one attached hydrogen (secondary N) is 2. The number of rotatable bonds is 13. The third-order valence-electron chi connectivity index (χ3n) is 12.8. The minimum Gasteiger partial charge on any atom is -0.493 e. The van der Waals surface area contributed by atoms with Crippen LogP contribution in [0.25, 0.3) is 44.7 Å². The molecule has 62 heavy (non-hydrogen) atoms. The number of carbonyl (C=O) groups excluding carboxylic acids is 2. The molecule has 2 fully saturated rings. The molecule has 7 N–H and O–H groups in total. The third-order valence-corrected chi connectivity index (χ3v) is 12.8. The van der Waals surface area contributed by atoms with E-state index < -0.39 is 18.3 Å². The van der Waals surface area contributed by atoms with Crippen LogP contribution in [-0.4, -0.2) is 89.6 Å². The van der Waals surface area contributed by atoms with Gasteiger partial charge >= 0.3 is 0 Å². The first-order valence-electron chi connectivity index (χ1n) is 22.0. The van der Waals surface area contributed by atoms with E-state index in [0.717, 1.165) is 93.3 Å². The fourth-order valence-electron chi connectivity index (χ4n) is 9.15. The number of ether oxygens (including phenoxy) is 2. The van der Waals surface area contributed by atoms with Gasteiger partial charge < -0.3 is 50.4 Å². The van der Waals surface area contributed by atoms with Crippen LogP contribution in [0.1, 0.15) is 95.3 Å². The summed E-state index contributed by atoms with van der Waals surface area (Å²) in [5.74, 6) is 2.97. The minimum absolute atomic E-state index is 0.0294. The number of nitrogens with zero attached hydrogens (tertiary/aromatic N) is 5. The van der Waals surface area contributed by atoms with E-state index in [1.165, 1.54) is 0 Å². The Kier molecular flexibility index (Phi) is 11.4. The van der Waals surface area contributed by atoms with Gasteiger partial charge in [-0.25, -0.2) is 9.97 Å². The molecule has 6 aromatic rings. The number of nitrogens with two attached hydrogens (primary N) is 2. The molecule has 3 aromatic heterocycles. The van der Waals surface area contributed by atoms with Gasteiger partial charge in [0, 0.05) is 53.8 Å². The van der Waals surface area contributed by atoms with Gasteiger partial charge in [0.2, 0.25) is 18.0 Å². The number of imidazole rings is 2. The van der Waals surface area contributed by atoms with Crippen molar-refractivity contribution in [3.05, 3.63) is 96.3 Å². The zero-order valence-electron chi connectivity index (χ0n) is 35.9. The molecule has 0 bridgehead atoms. The summed E-state index contributed by atoms with van der Waals surface area (Å²) in [4.78, 5) is 47.0. The highest BCUT2D eigenvalue weighted by atomic mass is 16.5. The minimum atomic E-state index is -0.551. The van der Waals surface area contributed by atoms with Crippen LogP contribution in [0.2, 0.25) is 0 Å². The monoisotopic (exact) mass is 839 g/mol. The molecule has 3 aliphatic heterocycles. The van der Waals surface area contributed by atoms with Crippen LogP contribution in [0.5, 0.6) is 11.5 Å². The van der Waals surface area contributed by atoms with E-state index in [2.05, 4.69) is 57.0 Å². The maximum absolute atomic E-state index is 13.3. The van der Waals surface area contributed by atoms with Crippen molar-refractivity contribution in [2.75, 3.05) is 26.3 Å². The molecule has 3 aliphatic rings. The molecule has 3 aromatic carbocycles. The van der Waals surface area contributed by atoms with E-state index >= 15 is 0 Å². The number of hydrogen-bond acceptors (Lipinski definition) is 9. The highest BCUT2D eigenvalue weighted by molar-refractivity contribution is 5.92. The lowest BCUT2D eigenvalue weighted by molar-refractivity contribution is -0.135. The fraction of sp³-hybridized carbons (Fsp3) is 0.417. The second-order valence-corrected chi connectivity index (χ2v) is 17.6. The Hall–Kier alpha value is -5.96. The maximum atomic E-state index is 13.3. The van der Waals surface area contributed by atoms with Crippen LogP contribution in [0.3, 0.4) is 0 Å². The number of aliphatic hydroxyl groups is 1. The van der Waals surface area contributed by atoms with E-state index in [1.54, 1.807) is 0 Å². The first-order chi connectivity index (χ1) is 30.0. The van der Waals surface area contributed by atoms with Gasteiger partial charge in [-0.3, -0.25) is 9.59 Å². The Morgan fingerprint density at radius 2 is 1.44 bits per heavy atom. The molecule has 0 saturated carbocycles. The summed E-state index contributed by atoms with van der Waals surface area (Å²) < 4.78 is 15.2. The first kappa shape index (κ1) is 41.4. The van der Waals surface area contributed by atoms with Crippen LogP contribution in [-0.2, 0) is 9.59 Å². The third kappa shape index (κ3) is 7.64. The number of amides is 2. The molecule has 0 aliphatic carbocycles. The number of likely N-dealkylation sites (tertiary alicyclic amines) is 2. The van der Waals surface area contributed by atoms with Crippen molar-refractivity contribution in [3.63, 3.8) is 0 Å². The largest absolute Gasteiger partial charge is 0.493 e. The van der Waals surface area contributed by atoms with Crippen molar-refractivity contribution in [1.29, 1.82) is 0 Å². The SMILES string of the molecule is CC(C)[C@H](N)C(=O)N1CCC[C@H]1c1ncc(-c2ccc3c(c2)OC(c2cccc(OCCCO)c2)n2c-3cc3cc(-c4cnc([C@@H]5CCCN5C(=O)[C@@H](N)C(C)C)[nH]4)ccc32)[nH]1. The average molecular weight is 840 g/mol. The van der Waals surface area contributed by atoms with E-state index in [4.69, 9.17) is 30.9 Å². The number of aromatic amines is 2. The van der Waals surface area contributed by atoms with Crippen molar-refractivity contribution in [3.8, 4) is 45.3 Å². The zero-order chi connectivity index (χ0) is 43.2. The number of aliphatic hydroxyl groups excluding tert-OH is 1. The molecular formula is C48H57N9O5. The second kappa shape index (κ2) is 17.1. The van der Waals surface area contributed by atoms with Gasteiger partial charge in [0.1, 0.15) is 23.1 Å². The molecule has 324 valence electrons. The van der Waals surface area contributed by atoms with E-state index in [-0.39, 0.29) is 42.3 Å². The topological polar surface area (TPSA) is 194 Å². The smallest absolute Gasteiger partial charge is 0.240 e. The van der Waals surface area contributed by atoms with Gasteiger partial charge in [0.15, 0.2) is 0 Å². The van der Waals surface area contributed by atoms with Crippen LogP contribution in [0, 0.1) is 11.8 Å². The van der Waals surface area contributed by atoms with Crippen molar-refractivity contribution in [1.82, 2.24) is 34.3 Å². The highest BCUT2D eigenvalue weighted by Gasteiger charge is 2.37. The summed E-state index contributed by atoms with van der Waals surface area (Å²) in [5, 5.41) is 10.4. The number of aromatic nitrogens is 5.